The number of hydrogen-bond donors (Lipinski definition) is 2. The molecule has 0 heterocycles. The van der Waals surface area contributed by atoms with Gasteiger partial charge in [-0.3, -0.25) is 0 Å². The second kappa shape index (κ2) is 10.6. The summed E-state index contributed by atoms with van der Waals surface area (Å²) in [5.41, 5.74) is 18.0. The lowest BCUT2D eigenvalue weighted by atomic mass is 10.0. The minimum absolute atomic E-state index is 0.764. The molecule has 29 heavy (non-hydrogen) atoms. The van der Waals surface area contributed by atoms with Crippen molar-refractivity contribution in [1.82, 2.24) is 0 Å². The highest BCUT2D eigenvalue weighted by molar-refractivity contribution is 5.77. The third-order valence-corrected chi connectivity index (χ3v) is 5.32. The lowest BCUT2D eigenvalue weighted by Gasteiger charge is -2.26. The summed E-state index contributed by atoms with van der Waals surface area (Å²) < 4.78 is 0. The van der Waals surface area contributed by atoms with Crippen LogP contribution in [0.5, 0.6) is 0 Å². The number of anilines is 5. The molecular formula is C26H33N3. The van der Waals surface area contributed by atoms with Crippen LogP contribution in [0.1, 0.15) is 51.0 Å². The maximum absolute atomic E-state index is 5.89. The fourth-order valence-electron chi connectivity index (χ4n) is 3.62. The van der Waals surface area contributed by atoms with E-state index in [-0.39, 0.29) is 0 Å². The largest absolute Gasteiger partial charge is 0.399 e. The maximum Gasteiger partial charge on any atom is 0.0463 e. The van der Waals surface area contributed by atoms with E-state index in [1.54, 1.807) is 0 Å². The summed E-state index contributed by atoms with van der Waals surface area (Å²) in [4.78, 5) is 2.23. The van der Waals surface area contributed by atoms with Gasteiger partial charge < -0.3 is 16.4 Å². The van der Waals surface area contributed by atoms with Crippen LogP contribution in [0.2, 0.25) is 0 Å². The molecule has 3 aromatic carbocycles. The summed E-state index contributed by atoms with van der Waals surface area (Å²) >= 11 is 0. The molecule has 3 heteroatoms. The number of aryl methyl sites for hydroxylation is 1. The Hall–Kier alpha value is -2.94. The van der Waals surface area contributed by atoms with Gasteiger partial charge in [0.1, 0.15) is 0 Å². The van der Waals surface area contributed by atoms with Crippen molar-refractivity contribution in [2.24, 2.45) is 0 Å². The number of benzene rings is 3. The Morgan fingerprint density at radius 3 is 1.45 bits per heavy atom. The zero-order chi connectivity index (χ0) is 20.5. The first-order valence-electron chi connectivity index (χ1n) is 10.8. The Morgan fingerprint density at radius 1 is 0.552 bits per heavy atom. The lowest BCUT2D eigenvalue weighted by molar-refractivity contribution is 0.607. The fraction of sp³-hybridized carbons (Fsp3) is 0.308. The number of unbranched alkanes of at least 4 members (excludes halogenated alkanes) is 5. The van der Waals surface area contributed by atoms with E-state index in [4.69, 9.17) is 11.5 Å². The molecule has 0 aliphatic rings. The van der Waals surface area contributed by atoms with Crippen molar-refractivity contribution in [3.05, 3.63) is 78.4 Å². The summed E-state index contributed by atoms with van der Waals surface area (Å²) in [5, 5.41) is 0. The van der Waals surface area contributed by atoms with Gasteiger partial charge in [0.05, 0.1) is 0 Å². The zero-order valence-electron chi connectivity index (χ0n) is 17.5. The molecule has 3 nitrogen and oxygen atoms in total. The number of nitrogen functional groups attached to an aromatic ring is 2. The third-order valence-electron chi connectivity index (χ3n) is 5.32. The van der Waals surface area contributed by atoms with Crippen molar-refractivity contribution in [2.45, 2.75) is 51.9 Å². The third kappa shape index (κ3) is 6.02. The van der Waals surface area contributed by atoms with E-state index in [0.717, 1.165) is 34.9 Å². The van der Waals surface area contributed by atoms with Crippen LogP contribution in [0.15, 0.2) is 72.8 Å². The SMILES string of the molecule is CCCCCCCCc1ccc(N(c2ccc(N)cc2)c2ccc(N)cc2)cc1. The fourth-order valence-corrected chi connectivity index (χ4v) is 3.62. The zero-order valence-corrected chi connectivity index (χ0v) is 17.5. The van der Waals surface area contributed by atoms with Crippen molar-refractivity contribution in [3.8, 4) is 0 Å². The highest BCUT2D eigenvalue weighted by atomic mass is 15.1. The van der Waals surface area contributed by atoms with Gasteiger partial charge in [0.15, 0.2) is 0 Å². The molecular weight excluding hydrogens is 354 g/mol. The molecule has 152 valence electrons. The second-order valence-corrected chi connectivity index (χ2v) is 7.70. The highest BCUT2D eigenvalue weighted by Crippen LogP contribution is 2.35. The summed E-state index contributed by atoms with van der Waals surface area (Å²) in [5.74, 6) is 0. The predicted molar refractivity (Wildman–Crippen MR) is 127 cm³/mol. The van der Waals surface area contributed by atoms with Crippen LogP contribution in [0.4, 0.5) is 28.4 Å². The van der Waals surface area contributed by atoms with Crippen LogP contribution in [-0.2, 0) is 6.42 Å². The Morgan fingerprint density at radius 2 is 0.966 bits per heavy atom. The summed E-state index contributed by atoms with van der Waals surface area (Å²) in [6, 6.07) is 24.9. The molecule has 0 saturated heterocycles. The van der Waals surface area contributed by atoms with Crippen molar-refractivity contribution >= 4 is 28.4 Å². The quantitative estimate of drug-likeness (QED) is 0.285. The normalized spacial score (nSPS) is 10.8. The van der Waals surface area contributed by atoms with Gasteiger partial charge in [-0.05, 0) is 79.1 Å². The standard InChI is InChI=1S/C26H33N3/c1-2-3-4-5-6-7-8-21-9-15-24(16-10-21)29(25-17-11-22(27)12-18-25)26-19-13-23(28)14-20-26/h9-20H,2-8,27-28H2,1H3. The predicted octanol–water partition coefficient (Wildman–Crippen LogP) is 7.22. The van der Waals surface area contributed by atoms with Crippen molar-refractivity contribution < 1.29 is 0 Å². The first-order chi connectivity index (χ1) is 14.2. The number of rotatable bonds is 10. The maximum atomic E-state index is 5.89. The van der Waals surface area contributed by atoms with E-state index >= 15 is 0 Å². The summed E-state index contributed by atoms with van der Waals surface area (Å²) in [6.07, 6.45) is 9.13. The van der Waals surface area contributed by atoms with Gasteiger partial charge in [0.25, 0.3) is 0 Å². The monoisotopic (exact) mass is 387 g/mol. The van der Waals surface area contributed by atoms with Crippen molar-refractivity contribution in [3.63, 3.8) is 0 Å². The summed E-state index contributed by atoms with van der Waals surface area (Å²) in [7, 11) is 0. The molecule has 0 radical (unpaired) electrons. The van der Waals surface area contributed by atoms with E-state index in [1.165, 1.54) is 44.1 Å². The average Bonchev–Trinajstić information content (AvgIpc) is 2.74. The molecule has 0 atom stereocenters. The van der Waals surface area contributed by atoms with Crippen LogP contribution in [0.25, 0.3) is 0 Å². The molecule has 3 rings (SSSR count). The molecule has 0 aliphatic carbocycles. The minimum Gasteiger partial charge on any atom is -0.399 e. The topological polar surface area (TPSA) is 55.3 Å². The smallest absolute Gasteiger partial charge is 0.0463 e. The van der Waals surface area contributed by atoms with Gasteiger partial charge in [0.2, 0.25) is 0 Å². The van der Waals surface area contributed by atoms with Crippen LogP contribution in [0, 0.1) is 0 Å². The number of nitrogens with two attached hydrogens (primary N) is 2. The molecule has 0 saturated carbocycles. The summed E-state index contributed by atoms with van der Waals surface area (Å²) in [6.45, 7) is 2.26. The number of nitrogens with zero attached hydrogens (tertiary/aromatic N) is 1. The Balaban J connectivity index is 1.74. The average molecular weight is 388 g/mol. The van der Waals surface area contributed by atoms with Gasteiger partial charge >= 0.3 is 0 Å². The highest BCUT2D eigenvalue weighted by Gasteiger charge is 2.12. The minimum atomic E-state index is 0.764. The van der Waals surface area contributed by atoms with E-state index in [0.29, 0.717) is 0 Å². The lowest BCUT2D eigenvalue weighted by Crippen LogP contribution is -2.10. The van der Waals surface area contributed by atoms with E-state index in [2.05, 4.69) is 60.4 Å². The molecule has 0 amide bonds. The van der Waals surface area contributed by atoms with E-state index in [1.807, 2.05) is 24.3 Å². The molecule has 0 spiro atoms. The van der Waals surface area contributed by atoms with Gasteiger partial charge in [-0.15, -0.1) is 0 Å². The Kier molecular flexibility index (Phi) is 7.57. The van der Waals surface area contributed by atoms with E-state index in [9.17, 15) is 0 Å². The van der Waals surface area contributed by atoms with Crippen LogP contribution in [-0.4, -0.2) is 0 Å². The molecule has 3 aromatic rings. The Bertz CT molecular complexity index is 806. The van der Waals surface area contributed by atoms with Gasteiger partial charge in [-0.2, -0.15) is 0 Å². The van der Waals surface area contributed by atoms with Crippen molar-refractivity contribution in [1.29, 1.82) is 0 Å². The molecule has 0 fully saturated rings. The number of hydrogen-bond acceptors (Lipinski definition) is 3. The Labute approximate surface area is 175 Å². The van der Waals surface area contributed by atoms with Gasteiger partial charge in [-0.1, -0.05) is 51.2 Å². The van der Waals surface area contributed by atoms with Gasteiger partial charge in [0, 0.05) is 28.4 Å². The molecule has 0 aliphatic heterocycles. The van der Waals surface area contributed by atoms with Crippen molar-refractivity contribution in [2.75, 3.05) is 16.4 Å². The van der Waals surface area contributed by atoms with Crippen LogP contribution >= 0.6 is 0 Å². The molecule has 4 N–H and O–H groups in total. The van der Waals surface area contributed by atoms with Crippen LogP contribution < -0.4 is 16.4 Å². The first-order valence-corrected chi connectivity index (χ1v) is 10.8. The first kappa shape index (κ1) is 20.8. The molecule has 0 unspecified atom stereocenters. The van der Waals surface area contributed by atoms with Crippen LogP contribution in [0.3, 0.4) is 0 Å². The van der Waals surface area contributed by atoms with Gasteiger partial charge in [-0.25, -0.2) is 0 Å². The molecule has 0 aromatic heterocycles. The van der Waals surface area contributed by atoms with E-state index < -0.39 is 0 Å². The molecule has 0 bridgehead atoms. The second-order valence-electron chi connectivity index (χ2n) is 7.70.